The molecule has 2 amide bonds. The van der Waals surface area contributed by atoms with Gasteiger partial charge in [0.2, 0.25) is 5.88 Å². The Hall–Kier alpha value is -3.32. The van der Waals surface area contributed by atoms with Gasteiger partial charge in [-0.25, -0.2) is 4.79 Å². The van der Waals surface area contributed by atoms with E-state index in [0.29, 0.717) is 29.7 Å². The van der Waals surface area contributed by atoms with E-state index in [2.05, 4.69) is 20.8 Å². The number of urea groups is 1. The lowest BCUT2D eigenvalue weighted by molar-refractivity contribution is 0.246. The summed E-state index contributed by atoms with van der Waals surface area (Å²) < 4.78 is 10.9. The van der Waals surface area contributed by atoms with Crippen LogP contribution in [0.2, 0.25) is 5.02 Å². The summed E-state index contributed by atoms with van der Waals surface area (Å²) in [6.45, 7) is 3.16. The monoisotopic (exact) mass is 412 g/mol. The molecule has 1 aromatic heterocycles. The van der Waals surface area contributed by atoms with Crippen LogP contribution < -0.4 is 20.1 Å². The van der Waals surface area contributed by atoms with Crippen molar-refractivity contribution in [2.75, 3.05) is 25.1 Å². The molecule has 2 N–H and O–H groups in total. The number of carbonyl (C=O) groups is 1. The number of benzene rings is 2. The van der Waals surface area contributed by atoms with Gasteiger partial charge < -0.3 is 20.1 Å². The van der Waals surface area contributed by atoms with Gasteiger partial charge in [0, 0.05) is 22.3 Å². The molecule has 0 bridgehead atoms. The summed E-state index contributed by atoms with van der Waals surface area (Å²) in [4.78, 5) is 11.8. The maximum atomic E-state index is 11.8. The Kier molecular flexibility index (Phi) is 7.24. The third kappa shape index (κ3) is 6.36. The van der Waals surface area contributed by atoms with Crippen LogP contribution in [-0.4, -0.2) is 36.0 Å². The minimum absolute atomic E-state index is 0.269. The van der Waals surface area contributed by atoms with Crippen LogP contribution in [0.3, 0.4) is 0 Å². The lowest BCUT2D eigenvalue weighted by Gasteiger charge is -2.09. The molecule has 0 saturated carbocycles. The van der Waals surface area contributed by atoms with Crippen molar-refractivity contribution in [1.82, 2.24) is 15.5 Å². The molecular weight excluding hydrogens is 392 g/mol. The molecule has 0 fully saturated rings. The number of ether oxygens (including phenoxy) is 2. The van der Waals surface area contributed by atoms with Gasteiger partial charge in [0.15, 0.2) is 0 Å². The molecule has 0 aliphatic heterocycles. The fraction of sp³-hybridized carbons (Fsp3) is 0.190. The van der Waals surface area contributed by atoms with Gasteiger partial charge in [0.1, 0.15) is 12.4 Å². The van der Waals surface area contributed by atoms with Crippen molar-refractivity contribution in [3.05, 3.63) is 65.7 Å². The minimum atomic E-state index is -0.326. The van der Waals surface area contributed by atoms with E-state index < -0.39 is 0 Å². The van der Waals surface area contributed by atoms with E-state index in [4.69, 9.17) is 21.1 Å². The Balaban J connectivity index is 1.42. The topological polar surface area (TPSA) is 85.4 Å². The highest BCUT2D eigenvalue weighted by Crippen LogP contribution is 2.21. The largest absolute Gasteiger partial charge is 0.494 e. The molecule has 0 unspecified atom stereocenters. The number of hydrogen-bond donors (Lipinski definition) is 2. The van der Waals surface area contributed by atoms with Crippen LogP contribution in [0.4, 0.5) is 10.5 Å². The number of carbonyl (C=O) groups excluding carboxylic acids is 1. The fourth-order valence-electron chi connectivity index (χ4n) is 2.47. The van der Waals surface area contributed by atoms with Crippen LogP contribution in [0.1, 0.15) is 6.92 Å². The third-order valence-electron chi connectivity index (χ3n) is 3.84. The zero-order chi connectivity index (χ0) is 20.5. The number of amides is 2. The minimum Gasteiger partial charge on any atom is -0.494 e. The smallest absolute Gasteiger partial charge is 0.319 e. The van der Waals surface area contributed by atoms with Crippen LogP contribution in [-0.2, 0) is 0 Å². The zero-order valence-electron chi connectivity index (χ0n) is 15.9. The van der Waals surface area contributed by atoms with Crippen LogP contribution in [0, 0.1) is 0 Å². The van der Waals surface area contributed by atoms with Crippen LogP contribution >= 0.6 is 11.6 Å². The third-order valence-corrected chi connectivity index (χ3v) is 4.09. The lowest BCUT2D eigenvalue weighted by Crippen LogP contribution is -2.32. The van der Waals surface area contributed by atoms with Crippen molar-refractivity contribution < 1.29 is 14.3 Å². The second-order valence-corrected chi connectivity index (χ2v) is 6.39. The zero-order valence-corrected chi connectivity index (χ0v) is 16.6. The number of rotatable bonds is 8. The highest BCUT2D eigenvalue weighted by molar-refractivity contribution is 6.30. The second kappa shape index (κ2) is 10.3. The SMILES string of the molecule is CCOc1ccc(-c2ccc(OCCNC(=O)Nc3ccc(Cl)cc3)nn2)cc1. The van der Waals surface area contributed by atoms with Crippen molar-refractivity contribution >= 4 is 23.3 Å². The van der Waals surface area contributed by atoms with Crippen molar-refractivity contribution in [2.24, 2.45) is 0 Å². The Bertz CT molecular complexity index is 916. The molecule has 7 nitrogen and oxygen atoms in total. The van der Waals surface area contributed by atoms with E-state index in [-0.39, 0.29) is 12.6 Å². The molecule has 0 aliphatic rings. The van der Waals surface area contributed by atoms with E-state index >= 15 is 0 Å². The predicted molar refractivity (Wildman–Crippen MR) is 113 cm³/mol. The first-order chi connectivity index (χ1) is 14.1. The number of aromatic nitrogens is 2. The van der Waals surface area contributed by atoms with E-state index in [1.165, 1.54) is 0 Å². The maximum absolute atomic E-state index is 11.8. The maximum Gasteiger partial charge on any atom is 0.319 e. The molecule has 3 rings (SSSR count). The van der Waals surface area contributed by atoms with Gasteiger partial charge in [-0.2, -0.15) is 0 Å². The second-order valence-electron chi connectivity index (χ2n) is 5.95. The summed E-state index contributed by atoms with van der Waals surface area (Å²) in [5.41, 5.74) is 2.33. The summed E-state index contributed by atoms with van der Waals surface area (Å²) >= 11 is 5.81. The van der Waals surface area contributed by atoms with Crippen molar-refractivity contribution in [2.45, 2.75) is 6.92 Å². The molecule has 0 spiro atoms. The average molecular weight is 413 g/mol. The van der Waals surface area contributed by atoms with Crippen molar-refractivity contribution in [3.8, 4) is 22.9 Å². The molecule has 1 heterocycles. The Morgan fingerprint density at radius 3 is 2.38 bits per heavy atom. The highest BCUT2D eigenvalue weighted by atomic mass is 35.5. The molecule has 2 aromatic carbocycles. The van der Waals surface area contributed by atoms with Crippen LogP contribution in [0.5, 0.6) is 11.6 Å². The quantitative estimate of drug-likeness (QED) is 0.536. The van der Waals surface area contributed by atoms with Crippen molar-refractivity contribution in [1.29, 1.82) is 0 Å². The molecule has 29 heavy (non-hydrogen) atoms. The van der Waals surface area contributed by atoms with Crippen LogP contribution in [0.15, 0.2) is 60.7 Å². The van der Waals surface area contributed by atoms with Gasteiger partial charge in [-0.3, -0.25) is 0 Å². The number of nitrogens with zero attached hydrogens (tertiary/aromatic N) is 2. The Labute approximate surface area is 174 Å². The first-order valence-electron chi connectivity index (χ1n) is 9.14. The summed E-state index contributed by atoms with van der Waals surface area (Å²) in [6.07, 6.45) is 0. The van der Waals surface area contributed by atoms with Crippen molar-refractivity contribution in [3.63, 3.8) is 0 Å². The summed E-state index contributed by atoms with van der Waals surface area (Å²) in [5.74, 6) is 1.20. The Morgan fingerprint density at radius 1 is 0.966 bits per heavy atom. The molecule has 0 saturated heterocycles. The molecule has 0 aliphatic carbocycles. The first kappa shape index (κ1) is 20.4. The van der Waals surface area contributed by atoms with Gasteiger partial charge in [-0.15, -0.1) is 10.2 Å². The van der Waals surface area contributed by atoms with Gasteiger partial charge in [-0.05, 0) is 61.5 Å². The van der Waals surface area contributed by atoms with Gasteiger partial charge in [-0.1, -0.05) is 11.6 Å². The summed E-state index contributed by atoms with van der Waals surface area (Å²) in [7, 11) is 0. The molecule has 150 valence electrons. The van der Waals surface area contributed by atoms with Gasteiger partial charge in [0.25, 0.3) is 0 Å². The molecule has 3 aromatic rings. The number of hydrogen-bond acceptors (Lipinski definition) is 5. The number of nitrogens with one attached hydrogen (secondary N) is 2. The van der Waals surface area contributed by atoms with Gasteiger partial charge in [0.05, 0.1) is 18.8 Å². The molecule has 8 heteroatoms. The summed E-state index contributed by atoms with van der Waals surface area (Å²) in [6, 6.07) is 17.7. The van der Waals surface area contributed by atoms with Gasteiger partial charge >= 0.3 is 6.03 Å². The lowest BCUT2D eigenvalue weighted by atomic mass is 10.1. The number of halogens is 1. The predicted octanol–water partition coefficient (Wildman–Crippen LogP) is 4.40. The molecule has 0 radical (unpaired) electrons. The normalized spacial score (nSPS) is 10.3. The van der Waals surface area contributed by atoms with E-state index in [1.807, 2.05) is 37.3 Å². The highest BCUT2D eigenvalue weighted by Gasteiger charge is 2.04. The van der Waals surface area contributed by atoms with E-state index in [9.17, 15) is 4.79 Å². The van der Waals surface area contributed by atoms with Crippen LogP contribution in [0.25, 0.3) is 11.3 Å². The number of anilines is 1. The average Bonchev–Trinajstić information content (AvgIpc) is 2.74. The standard InChI is InChI=1S/C21H21ClN4O3/c1-2-28-18-9-3-15(4-10-18)19-11-12-20(26-25-19)29-14-13-23-21(27)24-17-7-5-16(22)6-8-17/h3-12H,2,13-14H2,1H3,(H2,23,24,27). The first-order valence-corrected chi connectivity index (χ1v) is 9.52. The molecule has 0 atom stereocenters. The summed E-state index contributed by atoms with van der Waals surface area (Å²) in [5, 5.41) is 14.3. The molecular formula is C21H21ClN4O3. The fourth-order valence-corrected chi connectivity index (χ4v) is 2.59. The van der Waals surface area contributed by atoms with E-state index in [0.717, 1.165) is 17.0 Å². The Morgan fingerprint density at radius 2 is 1.72 bits per heavy atom. The van der Waals surface area contributed by atoms with E-state index in [1.54, 1.807) is 30.3 Å².